The molecule has 3 rings (SSSR count). The van der Waals surface area contributed by atoms with Crippen molar-refractivity contribution in [3.8, 4) is 0 Å². The standard InChI is InChI=1S/C18H17NO3S/c1-13-7-9-16(10-8-13)23(21,22)19-12-18(20)14(2)11-15-5-3-4-6-17(15)19/h3-11H,12H2,1-2H3. The van der Waals surface area contributed by atoms with E-state index in [2.05, 4.69) is 0 Å². The van der Waals surface area contributed by atoms with E-state index in [1.807, 2.05) is 19.1 Å². The fourth-order valence-corrected chi connectivity index (χ4v) is 3.99. The monoisotopic (exact) mass is 327 g/mol. The van der Waals surface area contributed by atoms with Crippen LogP contribution in [0.1, 0.15) is 18.1 Å². The fourth-order valence-electron chi connectivity index (χ4n) is 2.54. The highest BCUT2D eigenvalue weighted by Gasteiger charge is 2.30. The van der Waals surface area contributed by atoms with Crippen LogP contribution in [0.5, 0.6) is 0 Å². The summed E-state index contributed by atoms with van der Waals surface area (Å²) in [6.45, 7) is 3.42. The van der Waals surface area contributed by atoms with Gasteiger partial charge in [-0.2, -0.15) is 0 Å². The van der Waals surface area contributed by atoms with Gasteiger partial charge < -0.3 is 0 Å². The van der Waals surface area contributed by atoms with Gasteiger partial charge in [0.1, 0.15) is 0 Å². The lowest BCUT2D eigenvalue weighted by Crippen LogP contribution is -2.35. The van der Waals surface area contributed by atoms with E-state index in [9.17, 15) is 13.2 Å². The van der Waals surface area contributed by atoms with Gasteiger partial charge in [0.15, 0.2) is 5.78 Å². The number of nitrogens with zero attached hydrogens (tertiary/aromatic N) is 1. The molecule has 0 atom stereocenters. The van der Waals surface area contributed by atoms with Gasteiger partial charge in [0.25, 0.3) is 10.0 Å². The number of hydrogen-bond acceptors (Lipinski definition) is 3. The lowest BCUT2D eigenvalue weighted by molar-refractivity contribution is -0.114. The van der Waals surface area contributed by atoms with Gasteiger partial charge in [-0.25, -0.2) is 8.42 Å². The van der Waals surface area contributed by atoms with Crippen LogP contribution in [0, 0.1) is 6.92 Å². The van der Waals surface area contributed by atoms with Crippen molar-refractivity contribution < 1.29 is 13.2 Å². The molecule has 0 aromatic heterocycles. The van der Waals surface area contributed by atoms with Crippen LogP contribution >= 0.6 is 0 Å². The molecule has 0 aliphatic carbocycles. The Morgan fingerprint density at radius 1 is 0.957 bits per heavy atom. The van der Waals surface area contributed by atoms with E-state index in [0.29, 0.717) is 11.3 Å². The van der Waals surface area contributed by atoms with Crippen molar-refractivity contribution in [1.82, 2.24) is 0 Å². The number of ketones is 1. The molecule has 0 saturated carbocycles. The summed E-state index contributed by atoms with van der Waals surface area (Å²) >= 11 is 0. The molecular formula is C18H17NO3S. The second-order valence-electron chi connectivity index (χ2n) is 5.63. The Labute approximate surface area is 136 Å². The average Bonchev–Trinajstić information content (AvgIpc) is 2.65. The number of carbonyl (C=O) groups excluding carboxylic acids is 1. The van der Waals surface area contributed by atoms with Crippen LogP contribution in [0.4, 0.5) is 5.69 Å². The van der Waals surface area contributed by atoms with E-state index < -0.39 is 10.0 Å². The van der Waals surface area contributed by atoms with Gasteiger partial charge in [0.05, 0.1) is 17.1 Å². The van der Waals surface area contributed by atoms with Gasteiger partial charge >= 0.3 is 0 Å². The van der Waals surface area contributed by atoms with Crippen molar-refractivity contribution in [3.63, 3.8) is 0 Å². The minimum atomic E-state index is -3.79. The molecule has 2 aromatic carbocycles. The van der Waals surface area contributed by atoms with E-state index in [4.69, 9.17) is 0 Å². The number of para-hydroxylation sites is 1. The highest BCUT2D eigenvalue weighted by Crippen LogP contribution is 2.31. The van der Waals surface area contributed by atoms with Crippen LogP contribution in [0.15, 0.2) is 59.0 Å². The molecule has 0 amide bonds. The number of benzene rings is 2. The third kappa shape index (κ3) is 2.80. The van der Waals surface area contributed by atoms with Crippen molar-refractivity contribution in [2.45, 2.75) is 18.7 Å². The molecule has 118 valence electrons. The van der Waals surface area contributed by atoms with Crippen LogP contribution in [-0.2, 0) is 14.8 Å². The molecule has 0 radical (unpaired) electrons. The Morgan fingerprint density at radius 2 is 1.61 bits per heavy atom. The second kappa shape index (κ2) is 5.66. The van der Waals surface area contributed by atoms with Crippen LogP contribution in [0.3, 0.4) is 0 Å². The summed E-state index contributed by atoms with van der Waals surface area (Å²) in [5.74, 6) is -0.197. The highest BCUT2D eigenvalue weighted by atomic mass is 32.2. The number of anilines is 1. The summed E-state index contributed by atoms with van der Waals surface area (Å²) in [5, 5.41) is 0. The van der Waals surface area contributed by atoms with Crippen LogP contribution in [0.2, 0.25) is 0 Å². The van der Waals surface area contributed by atoms with Gasteiger partial charge in [0.2, 0.25) is 0 Å². The summed E-state index contributed by atoms with van der Waals surface area (Å²) in [6.07, 6.45) is 1.74. The lowest BCUT2D eigenvalue weighted by atomic mass is 10.1. The Bertz CT molecular complexity index is 896. The first-order chi connectivity index (χ1) is 10.9. The first-order valence-electron chi connectivity index (χ1n) is 7.29. The Kier molecular flexibility index (Phi) is 3.82. The van der Waals surface area contributed by atoms with Crippen LogP contribution < -0.4 is 4.31 Å². The summed E-state index contributed by atoms with van der Waals surface area (Å²) < 4.78 is 27.2. The van der Waals surface area contributed by atoms with Crippen LogP contribution in [-0.4, -0.2) is 20.7 Å². The summed E-state index contributed by atoms with van der Waals surface area (Å²) in [7, 11) is -3.79. The molecule has 2 aromatic rings. The molecule has 0 unspecified atom stereocenters. The van der Waals surface area contributed by atoms with Crippen LogP contribution in [0.25, 0.3) is 6.08 Å². The fraction of sp³-hybridized carbons (Fsp3) is 0.167. The topological polar surface area (TPSA) is 54.5 Å². The van der Waals surface area contributed by atoms with Gasteiger partial charge in [-0.05, 0) is 49.3 Å². The maximum Gasteiger partial charge on any atom is 0.264 e. The minimum absolute atomic E-state index is 0.185. The molecule has 1 heterocycles. The normalized spacial score (nSPS) is 15.0. The third-order valence-electron chi connectivity index (χ3n) is 3.91. The molecule has 0 fully saturated rings. The molecule has 1 aliphatic heterocycles. The SMILES string of the molecule is CC1=Cc2ccccc2N(S(=O)(=O)c2ccc(C)cc2)CC1=O. The van der Waals surface area contributed by atoms with Crippen molar-refractivity contribution in [3.05, 3.63) is 65.2 Å². The zero-order valence-electron chi connectivity index (χ0n) is 13.0. The second-order valence-corrected chi connectivity index (χ2v) is 7.50. The molecule has 0 saturated heterocycles. The van der Waals surface area contributed by atoms with E-state index in [-0.39, 0.29) is 17.2 Å². The molecule has 0 spiro atoms. The predicted octanol–water partition coefficient (Wildman–Crippen LogP) is 3.18. The van der Waals surface area contributed by atoms with Gasteiger partial charge in [0, 0.05) is 0 Å². The Hall–Kier alpha value is -2.40. The van der Waals surface area contributed by atoms with Gasteiger partial charge in [-0.15, -0.1) is 0 Å². The Balaban J connectivity index is 2.16. The lowest BCUT2D eigenvalue weighted by Gasteiger charge is -2.24. The average molecular weight is 327 g/mol. The number of rotatable bonds is 2. The summed E-state index contributed by atoms with van der Waals surface area (Å²) in [4.78, 5) is 12.4. The molecule has 4 nitrogen and oxygen atoms in total. The smallest absolute Gasteiger partial charge is 0.264 e. The molecule has 0 N–H and O–H groups in total. The number of sulfonamides is 1. The van der Waals surface area contributed by atoms with Crippen molar-refractivity contribution in [1.29, 1.82) is 0 Å². The maximum absolute atomic E-state index is 13.0. The number of fused-ring (bicyclic) bond motifs is 1. The first-order valence-corrected chi connectivity index (χ1v) is 8.73. The largest absolute Gasteiger partial charge is 0.292 e. The van der Waals surface area contributed by atoms with Crippen molar-refractivity contribution in [2.75, 3.05) is 10.8 Å². The number of carbonyl (C=O) groups is 1. The molecular weight excluding hydrogens is 310 g/mol. The molecule has 1 aliphatic rings. The van der Waals surface area contributed by atoms with E-state index in [0.717, 1.165) is 11.1 Å². The first kappa shape index (κ1) is 15.5. The molecule has 5 heteroatoms. The summed E-state index contributed by atoms with van der Waals surface area (Å²) in [6, 6.07) is 13.8. The minimum Gasteiger partial charge on any atom is -0.292 e. The zero-order chi connectivity index (χ0) is 16.6. The third-order valence-corrected chi connectivity index (χ3v) is 5.69. The van der Waals surface area contributed by atoms with Crippen molar-refractivity contribution >= 4 is 27.6 Å². The van der Waals surface area contributed by atoms with Crippen molar-refractivity contribution in [2.24, 2.45) is 0 Å². The van der Waals surface area contributed by atoms with E-state index in [1.54, 1.807) is 49.4 Å². The molecule has 0 bridgehead atoms. The molecule has 23 heavy (non-hydrogen) atoms. The van der Waals surface area contributed by atoms with Gasteiger partial charge in [-0.3, -0.25) is 9.10 Å². The quantitative estimate of drug-likeness (QED) is 0.851. The highest BCUT2D eigenvalue weighted by molar-refractivity contribution is 7.92. The number of Topliss-reactive ketones (excluding diaryl/α,β-unsaturated/α-hetero) is 1. The van der Waals surface area contributed by atoms with Gasteiger partial charge in [-0.1, -0.05) is 35.9 Å². The number of aryl methyl sites for hydroxylation is 1. The summed E-state index contributed by atoms with van der Waals surface area (Å²) in [5.41, 5.74) is 2.79. The van der Waals surface area contributed by atoms with E-state index in [1.165, 1.54) is 4.31 Å². The Morgan fingerprint density at radius 3 is 2.30 bits per heavy atom. The zero-order valence-corrected chi connectivity index (χ0v) is 13.8. The maximum atomic E-state index is 13.0. The predicted molar refractivity (Wildman–Crippen MR) is 90.8 cm³/mol. The van der Waals surface area contributed by atoms with E-state index >= 15 is 0 Å². The number of hydrogen-bond donors (Lipinski definition) is 0.